The number of amides is 1. The average Bonchev–Trinajstić information content (AvgIpc) is 3.23. The molecule has 3 rings (SSSR count). The minimum Gasteiger partial charge on any atom is -0.441 e. The van der Waals surface area contributed by atoms with E-state index >= 15 is 0 Å². The van der Waals surface area contributed by atoms with E-state index in [2.05, 4.69) is 10.3 Å². The number of nitrogens with one attached hydrogen (secondary N) is 1. The van der Waals surface area contributed by atoms with Crippen molar-refractivity contribution in [3.63, 3.8) is 0 Å². The van der Waals surface area contributed by atoms with Gasteiger partial charge in [0, 0.05) is 24.9 Å². The zero-order chi connectivity index (χ0) is 17.0. The lowest BCUT2D eigenvalue weighted by molar-refractivity contribution is -0.122. The zero-order valence-electron chi connectivity index (χ0n) is 13.6. The molecule has 0 radical (unpaired) electrons. The molecule has 0 atom stereocenters. The summed E-state index contributed by atoms with van der Waals surface area (Å²) in [6.07, 6.45) is 6.61. The fourth-order valence-electron chi connectivity index (χ4n) is 3.22. The molecular weight excluding hydrogens is 326 g/mol. The third kappa shape index (κ3) is 3.79. The van der Waals surface area contributed by atoms with Crippen LogP contribution in [0.1, 0.15) is 38.0 Å². The number of carbonyl (C=O) groups excluding carboxylic acids is 1. The molecule has 0 spiro atoms. The number of halogens is 1. The smallest absolute Gasteiger partial charge is 0.220 e. The summed E-state index contributed by atoms with van der Waals surface area (Å²) in [7, 11) is 0. The average molecular weight is 348 g/mol. The lowest BCUT2D eigenvalue weighted by Gasteiger charge is -2.28. The standard InChI is InChI=1S/C18H22ClN3O2/c19-14-6-2-1-5-13(14)15-11-21-17(24-15)8-7-16(23)22-18(12-20)9-3-4-10-18/h1-2,5-6,11H,3-4,7-10,12,20H2,(H,22,23). The molecule has 1 aliphatic carbocycles. The van der Waals surface area contributed by atoms with Crippen LogP contribution in [0.4, 0.5) is 0 Å². The van der Waals surface area contributed by atoms with Crippen molar-refractivity contribution in [2.75, 3.05) is 6.54 Å². The van der Waals surface area contributed by atoms with Gasteiger partial charge in [0.05, 0.1) is 16.8 Å². The largest absolute Gasteiger partial charge is 0.441 e. The Labute approximate surface area is 146 Å². The third-order valence-electron chi connectivity index (χ3n) is 4.61. The van der Waals surface area contributed by atoms with Crippen LogP contribution in [0.2, 0.25) is 5.02 Å². The maximum Gasteiger partial charge on any atom is 0.220 e. The van der Waals surface area contributed by atoms with Crippen molar-refractivity contribution in [3.8, 4) is 11.3 Å². The van der Waals surface area contributed by atoms with Crippen LogP contribution in [0.3, 0.4) is 0 Å². The van der Waals surface area contributed by atoms with Gasteiger partial charge in [-0.05, 0) is 25.0 Å². The van der Waals surface area contributed by atoms with Gasteiger partial charge in [0.1, 0.15) is 0 Å². The van der Waals surface area contributed by atoms with Gasteiger partial charge in [-0.2, -0.15) is 0 Å². The van der Waals surface area contributed by atoms with E-state index in [0.717, 1.165) is 31.2 Å². The Hall–Kier alpha value is -1.85. The van der Waals surface area contributed by atoms with Gasteiger partial charge in [0.2, 0.25) is 5.91 Å². The Bertz CT molecular complexity index is 708. The maximum atomic E-state index is 12.2. The summed E-state index contributed by atoms with van der Waals surface area (Å²) in [5.74, 6) is 1.15. The Kier molecular flexibility index (Phi) is 5.21. The first kappa shape index (κ1) is 17.0. The second-order valence-electron chi connectivity index (χ2n) is 6.34. The number of aromatic nitrogens is 1. The van der Waals surface area contributed by atoms with Gasteiger partial charge in [-0.3, -0.25) is 4.79 Å². The minimum atomic E-state index is -0.212. The first-order valence-electron chi connectivity index (χ1n) is 8.33. The molecule has 2 aromatic rings. The van der Waals surface area contributed by atoms with Gasteiger partial charge in [-0.1, -0.05) is 36.6 Å². The molecular formula is C18H22ClN3O2. The van der Waals surface area contributed by atoms with Crippen LogP contribution in [0.15, 0.2) is 34.9 Å². The highest BCUT2D eigenvalue weighted by Gasteiger charge is 2.33. The molecule has 1 aliphatic rings. The van der Waals surface area contributed by atoms with Gasteiger partial charge in [-0.15, -0.1) is 0 Å². The van der Waals surface area contributed by atoms with E-state index in [4.69, 9.17) is 21.8 Å². The Morgan fingerprint density at radius 2 is 2.08 bits per heavy atom. The monoisotopic (exact) mass is 347 g/mol. The van der Waals surface area contributed by atoms with E-state index in [1.807, 2.05) is 18.2 Å². The molecule has 1 fully saturated rings. The van der Waals surface area contributed by atoms with Crippen molar-refractivity contribution in [1.29, 1.82) is 0 Å². The topological polar surface area (TPSA) is 81.1 Å². The number of rotatable bonds is 6. The highest BCUT2D eigenvalue weighted by atomic mass is 35.5. The van der Waals surface area contributed by atoms with Crippen molar-refractivity contribution in [2.24, 2.45) is 5.73 Å². The molecule has 0 unspecified atom stereocenters. The quantitative estimate of drug-likeness (QED) is 0.839. The van der Waals surface area contributed by atoms with Crippen molar-refractivity contribution in [3.05, 3.63) is 41.4 Å². The summed E-state index contributed by atoms with van der Waals surface area (Å²) in [5, 5.41) is 3.72. The van der Waals surface area contributed by atoms with Crippen molar-refractivity contribution in [1.82, 2.24) is 10.3 Å². The van der Waals surface area contributed by atoms with Gasteiger partial charge in [-0.25, -0.2) is 4.98 Å². The molecule has 0 aliphatic heterocycles. The summed E-state index contributed by atoms with van der Waals surface area (Å²) >= 11 is 6.16. The number of hydrogen-bond donors (Lipinski definition) is 2. The fourth-order valence-corrected chi connectivity index (χ4v) is 3.45. The van der Waals surface area contributed by atoms with E-state index in [-0.39, 0.29) is 11.4 Å². The van der Waals surface area contributed by atoms with Gasteiger partial charge in [0.25, 0.3) is 0 Å². The first-order chi connectivity index (χ1) is 11.6. The first-order valence-corrected chi connectivity index (χ1v) is 8.70. The van der Waals surface area contributed by atoms with Gasteiger partial charge in [0.15, 0.2) is 11.7 Å². The van der Waals surface area contributed by atoms with Crippen molar-refractivity contribution >= 4 is 17.5 Å². The predicted molar refractivity (Wildman–Crippen MR) is 93.7 cm³/mol. The SMILES string of the molecule is NCC1(NC(=O)CCc2ncc(-c3ccccc3Cl)o2)CCCC1. The number of nitrogens with two attached hydrogens (primary N) is 1. The second kappa shape index (κ2) is 7.36. The summed E-state index contributed by atoms with van der Waals surface area (Å²) < 4.78 is 5.72. The highest BCUT2D eigenvalue weighted by molar-refractivity contribution is 6.33. The molecule has 1 heterocycles. The summed E-state index contributed by atoms with van der Waals surface area (Å²) in [6, 6.07) is 7.44. The molecule has 0 bridgehead atoms. The van der Waals surface area contributed by atoms with E-state index in [1.54, 1.807) is 12.3 Å². The van der Waals surface area contributed by atoms with Crippen molar-refractivity contribution in [2.45, 2.75) is 44.1 Å². The van der Waals surface area contributed by atoms with Crippen LogP contribution < -0.4 is 11.1 Å². The zero-order valence-corrected chi connectivity index (χ0v) is 14.3. The Balaban J connectivity index is 1.58. The third-order valence-corrected chi connectivity index (χ3v) is 4.94. The summed E-state index contributed by atoms with van der Waals surface area (Å²) in [4.78, 5) is 16.5. The molecule has 1 amide bonds. The predicted octanol–water partition coefficient (Wildman–Crippen LogP) is 3.32. The molecule has 1 saturated carbocycles. The van der Waals surface area contributed by atoms with Crippen LogP contribution in [-0.4, -0.2) is 23.0 Å². The van der Waals surface area contributed by atoms with Crippen LogP contribution in [0.5, 0.6) is 0 Å². The van der Waals surface area contributed by atoms with E-state index in [9.17, 15) is 4.79 Å². The van der Waals surface area contributed by atoms with Crippen LogP contribution in [0.25, 0.3) is 11.3 Å². The number of hydrogen-bond acceptors (Lipinski definition) is 4. The lowest BCUT2D eigenvalue weighted by atomic mass is 9.97. The number of carbonyl (C=O) groups is 1. The molecule has 128 valence electrons. The maximum absolute atomic E-state index is 12.2. The van der Waals surface area contributed by atoms with Crippen LogP contribution >= 0.6 is 11.6 Å². The fraction of sp³-hybridized carbons (Fsp3) is 0.444. The molecule has 6 heteroatoms. The molecule has 1 aromatic carbocycles. The van der Waals surface area contributed by atoms with E-state index < -0.39 is 0 Å². The Morgan fingerprint density at radius 3 is 2.79 bits per heavy atom. The molecule has 3 N–H and O–H groups in total. The number of aryl methyl sites for hydroxylation is 1. The molecule has 0 saturated heterocycles. The lowest BCUT2D eigenvalue weighted by Crippen LogP contribution is -2.51. The molecule has 1 aromatic heterocycles. The number of nitrogens with zero attached hydrogens (tertiary/aromatic N) is 1. The number of benzene rings is 1. The number of oxazole rings is 1. The van der Waals surface area contributed by atoms with Gasteiger partial charge < -0.3 is 15.5 Å². The highest BCUT2D eigenvalue weighted by Crippen LogP contribution is 2.29. The van der Waals surface area contributed by atoms with Crippen LogP contribution in [0, 0.1) is 0 Å². The summed E-state index contributed by atoms with van der Waals surface area (Å²) in [5.41, 5.74) is 6.44. The minimum absolute atomic E-state index is 0.000145. The Morgan fingerprint density at radius 1 is 1.33 bits per heavy atom. The van der Waals surface area contributed by atoms with E-state index in [1.165, 1.54) is 0 Å². The molecule has 5 nitrogen and oxygen atoms in total. The van der Waals surface area contributed by atoms with Crippen molar-refractivity contribution < 1.29 is 9.21 Å². The molecule has 24 heavy (non-hydrogen) atoms. The summed E-state index contributed by atoms with van der Waals surface area (Å²) in [6.45, 7) is 0.494. The second-order valence-corrected chi connectivity index (χ2v) is 6.75. The van der Waals surface area contributed by atoms with E-state index in [0.29, 0.717) is 36.1 Å². The van der Waals surface area contributed by atoms with Gasteiger partial charge >= 0.3 is 0 Å². The van der Waals surface area contributed by atoms with Crippen LogP contribution in [-0.2, 0) is 11.2 Å². The normalized spacial score (nSPS) is 16.2.